The summed E-state index contributed by atoms with van der Waals surface area (Å²) in [5.74, 6) is 0.549. The molecule has 2 heterocycles. The van der Waals surface area contributed by atoms with Crippen LogP contribution < -0.4 is 0 Å². The fourth-order valence-corrected chi connectivity index (χ4v) is 2.10. The SMILES string of the molecule is CCc1cnccc1-c1noc(-c2cc(O)cc(O)c2)n1. The number of pyridine rings is 1. The van der Waals surface area contributed by atoms with E-state index in [0.717, 1.165) is 17.5 Å². The summed E-state index contributed by atoms with van der Waals surface area (Å²) in [6.07, 6.45) is 4.25. The number of phenolic OH excluding ortho intramolecular Hbond substituents is 2. The summed E-state index contributed by atoms with van der Waals surface area (Å²) < 4.78 is 5.21. The Hall–Kier alpha value is -2.89. The Kier molecular flexibility index (Phi) is 3.27. The molecule has 0 radical (unpaired) electrons. The van der Waals surface area contributed by atoms with Crippen LogP contribution in [0, 0.1) is 0 Å². The van der Waals surface area contributed by atoms with Crippen molar-refractivity contribution in [2.24, 2.45) is 0 Å². The highest BCUT2D eigenvalue weighted by Crippen LogP contribution is 2.29. The maximum atomic E-state index is 9.50. The number of rotatable bonds is 3. The number of aryl methyl sites for hydroxylation is 1. The minimum atomic E-state index is -0.0668. The zero-order valence-corrected chi connectivity index (χ0v) is 11.3. The van der Waals surface area contributed by atoms with E-state index in [1.165, 1.54) is 18.2 Å². The molecule has 0 saturated heterocycles. The first-order valence-corrected chi connectivity index (χ1v) is 6.47. The van der Waals surface area contributed by atoms with E-state index >= 15 is 0 Å². The molecule has 3 aromatic rings. The van der Waals surface area contributed by atoms with Crippen LogP contribution in [0.1, 0.15) is 12.5 Å². The molecule has 21 heavy (non-hydrogen) atoms. The summed E-state index contributed by atoms with van der Waals surface area (Å²) in [4.78, 5) is 8.39. The fourth-order valence-electron chi connectivity index (χ4n) is 2.10. The summed E-state index contributed by atoms with van der Waals surface area (Å²) in [6, 6.07) is 5.96. The van der Waals surface area contributed by atoms with E-state index in [2.05, 4.69) is 15.1 Å². The van der Waals surface area contributed by atoms with Crippen molar-refractivity contribution in [2.45, 2.75) is 13.3 Å². The Morgan fingerprint density at radius 3 is 2.62 bits per heavy atom. The molecule has 6 heteroatoms. The van der Waals surface area contributed by atoms with Crippen molar-refractivity contribution in [3.63, 3.8) is 0 Å². The maximum absolute atomic E-state index is 9.50. The maximum Gasteiger partial charge on any atom is 0.258 e. The molecular weight excluding hydrogens is 270 g/mol. The first kappa shape index (κ1) is 13.1. The second-order valence-electron chi connectivity index (χ2n) is 4.55. The van der Waals surface area contributed by atoms with Crippen LogP contribution in [0.2, 0.25) is 0 Å². The second-order valence-corrected chi connectivity index (χ2v) is 4.55. The number of nitrogens with zero attached hydrogens (tertiary/aromatic N) is 3. The van der Waals surface area contributed by atoms with Gasteiger partial charge in [-0.05, 0) is 30.2 Å². The summed E-state index contributed by atoms with van der Waals surface area (Å²) in [6.45, 7) is 2.02. The number of hydrogen-bond acceptors (Lipinski definition) is 6. The Morgan fingerprint density at radius 1 is 1.14 bits per heavy atom. The molecule has 106 valence electrons. The molecule has 0 aliphatic carbocycles. The molecule has 0 amide bonds. The van der Waals surface area contributed by atoms with Crippen molar-refractivity contribution >= 4 is 0 Å². The number of aromatic nitrogens is 3. The lowest BCUT2D eigenvalue weighted by molar-refractivity contribution is 0.428. The van der Waals surface area contributed by atoms with Crippen LogP contribution in [0.4, 0.5) is 0 Å². The van der Waals surface area contributed by atoms with Crippen molar-refractivity contribution in [1.82, 2.24) is 15.1 Å². The van der Waals surface area contributed by atoms with E-state index in [0.29, 0.717) is 11.4 Å². The quantitative estimate of drug-likeness (QED) is 0.767. The van der Waals surface area contributed by atoms with Gasteiger partial charge in [-0.3, -0.25) is 4.98 Å². The molecule has 0 spiro atoms. The second kappa shape index (κ2) is 5.24. The van der Waals surface area contributed by atoms with Crippen LogP contribution in [0.25, 0.3) is 22.8 Å². The number of aromatic hydroxyl groups is 2. The standard InChI is InChI=1S/C15H13N3O3/c1-2-9-8-16-4-3-13(9)14-17-15(21-18-14)10-5-11(19)7-12(20)6-10/h3-8,19-20H,2H2,1H3. The van der Waals surface area contributed by atoms with Crippen molar-refractivity contribution < 1.29 is 14.7 Å². The molecule has 0 unspecified atom stereocenters. The van der Waals surface area contributed by atoms with Crippen LogP contribution in [-0.4, -0.2) is 25.3 Å². The lowest BCUT2D eigenvalue weighted by Gasteiger charge is -2.01. The summed E-state index contributed by atoms with van der Waals surface area (Å²) in [5.41, 5.74) is 2.33. The van der Waals surface area contributed by atoms with Crippen molar-refractivity contribution in [1.29, 1.82) is 0 Å². The zero-order valence-electron chi connectivity index (χ0n) is 11.3. The lowest BCUT2D eigenvalue weighted by Crippen LogP contribution is -1.90. The summed E-state index contributed by atoms with van der Waals surface area (Å²) in [7, 11) is 0. The monoisotopic (exact) mass is 283 g/mol. The Bertz CT molecular complexity index is 763. The molecule has 2 N–H and O–H groups in total. The predicted molar refractivity (Wildman–Crippen MR) is 75.7 cm³/mol. The van der Waals surface area contributed by atoms with Crippen LogP contribution in [0.5, 0.6) is 11.5 Å². The van der Waals surface area contributed by atoms with Gasteiger partial charge in [0, 0.05) is 29.6 Å². The first-order chi connectivity index (χ1) is 10.2. The largest absolute Gasteiger partial charge is 0.508 e. The van der Waals surface area contributed by atoms with Gasteiger partial charge >= 0.3 is 0 Å². The van der Waals surface area contributed by atoms with Crippen LogP contribution in [0.15, 0.2) is 41.2 Å². The van der Waals surface area contributed by atoms with Gasteiger partial charge in [0.05, 0.1) is 0 Å². The third kappa shape index (κ3) is 2.55. The number of phenols is 2. The normalized spacial score (nSPS) is 10.7. The number of benzene rings is 1. The van der Waals surface area contributed by atoms with Crippen molar-refractivity contribution in [3.8, 4) is 34.3 Å². The molecule has 0 aliphatic rings. The minimum Gasteiger partial charge on any atom is -0.508 e. The molecule has 0 bridgehead atoms. The van der Waals surface area contributed by atoms with Gasteiger partial charge in [0.25, 0.3) is 5.89 Å². The molecular formula is C15H13N3O3. The van der Waals surface area contributed by atoms with Gasteiger partial charge < -0.3 is 14.7 Å². The highest BCUT2D eigenvalue weighted by molar-refractivity contribution is 5.64. The van der Waals surface area contributed by atoms with E-state index < -0.39 is 0 Å². The van der Waals surface area contributed by atoms with E-state index in [1.54, 1.807) is 12.4 Å². The topological polar surface area (TPSA) is 92.3 Å². The van der Waals surface area contributed by atoms with Crippen molar-refractivity contribution in [2.75, 3.05) is 0 Å². The molecule has 6 nitrogen and oxygen atoms in total. The van der Waals surface area contributed by atoms with Crippen LogP contribution in [0.3, 0.4) is 0 Å². The van der Waals surface area contributed by atoms with Gasteiger partial charge in [0.1, 0.15) is 11.5 Å². The first-order valence-electron chi connectivity index (χ1n) is 6.47. The molecule has 1 aromatic carbocycles. The smallest absolute Gasteiger partial charge is 0.258 e. The molecule has 0 fully saturated rings. The summed E-state index contributed by atoms with van der Waals surface area (Å²) in [5, 5.41) is 23.0. The lowest BCUT2D eigenvalue weighted by atomic mass is 10.1. The van der Waals surface area contributed by atoms with Gasteiger partial charge in [0.2, 0.25) is 5.82 Å². The van der Waals surface area contributed by atoms with E-state index in [9.17, 15) is 10.2 Å². The minimum absolute atomic E-state index is 0.0668. The van der Waals surface area contributed by atoms with Gasteiger partial charge in [-0.2, -0.15) is 4.98 Å². The van der Waals surface area contributed by atoms with Gasteiger partial charge in [-0.15, -0.1) is 0 Å². The predicted octanol–water partition coefficient (Wildman–Crippen LogP) is 2.77. The Morgan fingerprint density at radius 2 is 1.90 bits per heavy atom. The molecule has 3 rings (SSSR count). The highest BCUT2D eigenvalue weighted by atomic mass is 16.5. The molecule has 2 aromatic heterocycles. The summed E-state index contributed by atoms with van der Waals surface area (Å²) >= 11 is 0. The van der Waals surface area contributed by atoms with E-state index in [1.807, 2.05) is 13.0 Å². The average Bonchev–Trinajstić information content (AvgIpc) is 2.96. The molecule has 0 aliphatic heterocycles. The Balaban J connectivity index is 2.04. The molecule has 0 atom stereocenters. The highest BCUT2D eigenvalue weighted by Gasteiger charge is 2.14. The third-order valence-corrected chi connectivity index (χ3v) is 3.10. The van der Waals surface area contributed by atoms with E-state index in [-0.39, 0.29) is 17.4 Å². The van der Waals surface area contributed by atoms with E-state index in [4.69, 9.17) is 4.52 Å². The Labute approximate surface area is 120 Å². The van der Waals surface area contributed by atoms with Gasteiger partial charge in [-0.25, -0.2) is 0 Å². The molecule has 0 saturated carbocycles. The zero-order chi connectivity index (χ0) is 14.8. The average molecular weight is 283 g/mol. The van der Waals surface area contributed by atoms with Gasteiger partial charge in [0.15, 0.2) is 0 Å². The third-order valence-electron chi connectivity index (χ3n) is 3.10. The fraction of sp³-hybridized carbons (Fsp3) is 0.133. The van der Waals surface area contributed by atoms with Crippen molar-refractivity contribution in [3.05, 3.63) is 42.2 Å². The van der Waals surface area contributed by atoms with Crippen LogP contribution in [-0.2, 0) is 6.42 Å². The number of hydrogen-bond donors (Lipinski definition) is 2. The van der Waals surface area contributed by atoms with Crippen LogP contribution >= 0.6 is 0 Å². The van der Waals surface area contributed by atoms with Gasteiger partial charge in [-0.1, -0.05) is 12.1 Å².